The Morgan fingerprint density at radius 3 is 2.89 bits per heavy atom. The van der Waals surface area contributed by atoms with E-state index in [-0.39, 0.29) is 11.0 Å². The smallest absolute Gasteiger partial charge is 0.0695 e. The quantitative estimate of drug-likeness (QED) is 0.815. The molecule has 2 aliphatic carbocycles. The van der Waals surface area contributed by atoms with Crippen LogP contribution < -0.4 is 5.73 Å². The van der Waals surface area contributed by atoms with Crippen molar-refractivity contribution in [2.45, 2.75) is 74.7 Å². The van der Waals surface area contributed by atoms with Crippen LogP contribution in [0.1, 0.15) is 78.3 Å². The van der Waals surface area contributed by atoms with Gasteiger partial charge in [0.05, 0.1) is 16.7 Å². The summed E-state index contributed by atoms with van der Waals surface area (Å²) in [6.07, 6.45) is 12.8. The van der Waals surface area contributed by atoms with Gasteiger partial charge in [-0.15, -0.1) is 11.3 Å². The summed E-state index contributed by atoms with van der Waals surface area (Å²) in [5.74, 6) is 0.663. The van der Waals surface area contributed by atoms with Crippen molar-refractivity contribution in [1.29, 1.82) is 0 Å². The van der Waals surface area contributed by atoms with Crippen LogP contribution in [0.4, 0.5) is 0 Å². The van der Waals surface area contributed by atoms with Gasteiger partial charge < -0.3 is 10.5 Å². The largest absolute Gasteiger partial charge is 0.375 e. The van der Waals surface area contributed by atoms with Crippen LogP contribution in [0.2, 0.25) is 0 Å². The molecule has 3 heterocycles. The standard InChI is InChI=1S/C23H30N2OS/c24-12-8-17-6-7-19-18(17)15-21(27-19)23(20-5-1-4-13-25-20)11-14-26-22(16-23)9-2-3-10-22/h1,4-5,13,15,17H,2-3,6-12,14,16,24H2. The number of fused-ring (bicyclic) bond motifs is 1. The van der Waals surface area contributed by atoms with Gasteiger partial charge in [-0.25, -0.2) is 0 Å². The number of nitrogens with zero attached hydrogens (tertiary/aromatic N) is 1. The number of nitrogens with two attached hydrogens (primary N) is 1. The van der Waals surface area contributed by atoms with E-state index in [0.29, 0.717) is 5.92 Å². The number of pyridine rings is 1. The second kappa shape index (κ2) is 6.98. The molecule has 27 heavy (non-hydrogen) atoms. The first-order chi connectivity index (χ1) is 13.2. The summed E-state index contributed by atoms with van der Waals surface area (Å²) in [6.45, 7) is 1.64. The van der Waals surface area contributed by atoms with E-state index in [0.717, 1.165) is 32.4 Å². The normalized spacial score (nSPS) is 29.3. The molecule has 2 unspecified atom stereocenters. The Balaban J connectivity index is 1.59. The SMILES string of the molecule is NCCC1CCc2sc(C3(c4ccccn4)CCOC4(CCCC4)C3)cc21. The molecule has 0 amide bonds. The molecule has 2 atom stereocenters. The number of rotatable bonds is 4. The molecule has 1 spiro atoms. The van der Waals surface area contributed by atoms with E-state index in [1.807, 2.05) is 12.3 Å². The summed E-state index contributed by atoms with van der Waals surface area (Å²) >= 11 is 2.06. The van der Waals surface area contributed by atoms with Crippen LogP contribution in [0.5, 0.6) is 0 Å². The summed E-state index contributed by atoms with van der Waals surface area (Å²) < 4.78 is 6.42. The Bertz CT molecular complexity index is 796. The Morgan fingerprint density at radius 1 is 1.22 bits per heavy atom. The predicted octanol–water partition coefficient (Wildman–Crippen LogP) is 4.93. The van der Waals surface area contributed by atoms with Crippen molar-refractivity contribution in [3.8, 4) is 0 Å². The summed E-state index contributed by atoms with van der Waals surface area (Å²) in [6, 6.07) is 8.97. The van der Waals surface area contributed by atoms with Crippen LogP contribution in [0, 0.1) is 0 Å². The molecule has 3 nitrogen and oxygen atoms in total. The number of ether oxygens (including phenoxy) is 1. The van der Waals surface area contributed by atoms with Gasteiger partial charge in [0.2, 0.25) is 0 Å². The highest BCUT2D eigenvalue weighted by molar-refractivity contribution is 7.12. The third kappa shape index (κ3) is 2.97. The molecular weight excluding hydrogens is 352 g/mol. The molecule has 5 rings (SSSR count). The molecule has 1 aliphatic heterocycles. The average molecular weight is 383 g/mol. The summed E-state index contributed by atoms with van der Waals surface area (Å²) in [5, 5.41) is 0. The van der Waals surface area contributed by atoms with Gasteiger partial charge in [0.1, 0.15) is 0 Å². The predicted molar refractivity (Wildman–Crippen MR) is 110 cm³/mol. The van der Waals surface area contributed by atoms with Crippen LogP contribution in [0.3, 0.4) is 0 Å². The Morgan fingerprint density at radius 2 is 2.11 bits per heavy atom. The van der Waals surface area contributed by atoms with E-state index >= 15 is 0 Å². The van der Waals surface area contributed by atoms with E-state index in [4.69, 9.17) is 15.5 Å². The summed E-state index contributed by atoms with van der Waals surface area (Å²) in [5.41, 5.74) is 8.81. The van der Waals surface area contributed by atoms with Gasteiger partial charge in [-0.2, -0.15) is 0 Å². The number of aromatic nitrogens is 1. The zero-order valence-corrected chi connectivity index (χ0v) is 16.9. The molecule has 3 aliphatic rings. The van der Waals surface area contributed by atoms with Gasteiger partial charge in [-0.3, -0.25) is 4.98 Å². The van der Waals surface area contributed by atoms with Crippen molar-refractivity contribution >= 4 is 11.3 Å². The van der Waals surface area contributed by atoms with Crippen molar-refractivity contribution in [3.63, 3.8) is 0 Å². The van der Waals surface area contributed by atoms with Crippen molar-refractivity contribution in [2.24, 2.45) is 5.73 Å². The minimum atomic E-state index is 0.0200. The van der Waals surface area contributed by atoms with Gasteiger partial charge in [-0.05, 0) is 81.2 Å². The zero-order valence-electron chi connectivity index (χ0n) is 16.1. The summed E-state index contributed by atoms with van der Waals surface area (Å²) in [4.78, 5) is 8.01. The van der Waals surface area contributed by atoms with E-state index in [2.05, 4.69) is 29.5 Å². The lowest BCUT2D eigenvalue weighted by atomic mass is 9.68. The molecule has 2 fully saturated rings. The molecule has 0 bridgehead atoms. The van der Waals surface area contributed by atoms with E-state index < -0.39 is 0 Å². The van der Waals surface area contributed by atoms with E-state index in [1.54, 1.807) is 10.4 Å². The lowest BCUT2D eigenvalue weighted by molar-refractivity contribution is -0.0946. The van der Waals surface area contributed by atoms with Gasteiger partial charge in [0, 0.05) is 22.6 Å². The Labute approximate surface area is 166 Å². The molecule has 0 radical (unpaired) electrons. The minimum Gasteiger partial charge on any atom is -0.375 e. The van der Waals surface area contributed by atoms with Crippen LogP contribution in [-0.2, 0) is 16.6 Å². The topological polar surface area (TPSA) is 48.1 Å². The first kappa shape index (κ1) is 17.8. The zero-order chi connectivity index (χ0) is 18.3. The van der Waals surface area contributed by atoms with Gasteiger partial charge in [-0.1, -0.05) is 18.9 Å². The van der Waals surface area contributed by atoms with E-state index in [1.165, 1.54) is 49.1 Å². The highest BCUT2D eigenvalue weighted by Crippen LogP contribution is 2.54. The monoisotopic (exact) mass is 382 g/mol. The Hall–Kier alpha value is -1.23. The molecule has 2 N–H and O–H groups in total. The fourth-order valence-corrected chi connectivity index (χ4v) is 7.34. The molecule has 4 heteroatoms. The highest BCUT2D eigenvalue weighted by Gasteiger charge is 2.50. The first-order valence-electron chi connectivity index (χ1n) is 10.6. The van der Waals surface area contributed by atoms with Crippen molar-refractivity contribution < 1.29 is 4.74 Å². The fraction of sp³-hybridized carbons (Fsp3) is 0.609. The second-order valence-electron chi connectivity index (χ2n) is 8.76. The fourth-order valence-electron chi connectivity index (χ4n) is 5.85. The van der Waals surface area contributed by atoms with Crippen molar-refractivity contribution in [3.05, 3.63) is 51.5 Å². The molecule has 1 saturated heterocycles. The first-order valence-corrected chi connectivity index (χ1v) is 11.5. The molecular formula is C23H30N2OS. The minimum absolute atomic E-state index is 0.0200. The molecule has 1 saturated carbocycles. The lowest BCUT2D eigenvalue weighted by Gasteiger charge is -2.46. The van der Waals surface area contributed by atoms with Gasteiger partial charge in [0.15, 0.2) is 0 Å². The number of hydrogen-bond donors (Lipinski definition) is 1. The maximum Gasteiger partial charge on any atom is 0.0695 e. The number of aryl methyl sites for hydroxylation is 1. The third-order valence-corrected chi connectivity index (χ3v) is 8.63. The third-order valence-electron chi connectivity index (χ3n) is 7.22. The maximum atomic E-state index is 6.42. The van der Waals surface area contributed by atoms with Crippen molar-refractivity contribution in [2.75, 3.05) is 13.2 Å². The number of hydrogen-bond acceptors (Lipinski definition) is 4. The van der Waals surface area contributed by atoms with Crippen molar-refractivity contribution in [1.82, 2.24) is 4.98 Å². The van der Waals surface area contributed by atoms with Gasteiger partial charge >= 0.3 is 0 Å². The molecule has 2 aromatic rings. The Kier molecular flexibility index (Phi) is 4.61. The molecule has 0 aromatic carbocycles. The number of thiophene rings is 1. The molecule has 144 valence electrons. The van der Waals surface area contributed by atoms with Crippen LogP contribution in [-0.4, -0.2) is 23.7 Å². The second-order valence-corrected chi connectivity index (χ2v) is 9.90. The van der Waals surface area contributed by atoms with E-state index in [9.17, 15) is 0 Å². The van der Waals surface area contributed by atoms with Gasteiger partial charge in [0.25, 0.3) is 0 Å². The maximum absolute atomic E-state index is 6.42. The molecule has 2 aromatic heterocycles. The average Bonchev–Trinajstić information content (AvgIpc) is 3.41. The summed E-state index contributed by atoms with van der Waals surface area (Å²) in [7, 11) is 0. The lowest BCUT2D eigenvalue weighted by Crippen LogP contribution is -2.46. The van der Waals surface area contributed by atoms with Crippen LogP contribution >= 0.6 is 11.3 Å². The van der Waals surface area contributed by atoms with Crippen LogP contribution in [0.15, 0.2) is 30.5 Å². The highest BCUT2D eigenvalue weighted by atomic mass is 32.1. The van der Waals surface area contributed by atoms with Crippen LogP contribution in [0.25, 0.3) is 0 Å².